The molecule has 4 atom stereocenters. The first kappa shape index (κ1) is 16.5. The Morgan fingerprint density at radius 3 is 2.75 bits per heavy atom. The van der Waals surface area contributed by atoms with Crippen molar-refractivity contribution in [3.63, 3.8) is 0 Å². The zero-order chi connectivity index (χ0) is 17.6. The molecule has 3 rings (SSSR count). The second-order valence-electron chi connectivity index (χ2n) is 5.56. The number of hydrogen-bond donors (Lipinski definition) is 4. The highest BCUT2D eigenvalue weighted by Crippen LogP contribution is 2.39. The molecular weight excluding hydrogens is 320 g/mol. The predicted molar refractivity (Wildman–Crippen MR) is 80.1 cm³/mol. The fourth-order valence-corrected chi connectivity index (χ4v) is 2.88. The van der Waals surface area contributed by atoms with E-state index in [-0.39, 0.29) is 17.0 Å². The van der Waals surface area contributed by atoms with Crippen LogP contribution >= 0.6 is 0 Å². The van der Waals surface area contributed by atoms with Crippen molar-refractivity contribution in [1.82, 2.24) is 24.4 Å². The number of nitrogens with two attached hydrogens (primary N) is 1. The third-order valence-electron chi connectivity index (χ3n) is 4.25. The van der Waals surface area contributed by atoms with Crippen molar-refractivity contribution in [2.24, 2.45) is 0 Å². The fraction of sp³-hybridized carbons (Fsp3) is 0.538. The zero-order valence-corrected chi connectivity index (χ0v) is 13.1. The van der Waals surface area contributed by atoms with Gasteiger partial charge in [0.15, 0.2) is 17.6 Å². The third-order valence-corrected chi connectivity index (χ3v) is 4.25. The van der Waals surface area contributed by atoms with Gasteiger partial charge in [0.05, 0.1) is 6.61 Å². The minimum atomic E-state index is -1.84. The number of amides is 1. The Balaban J connectivity index is 2.26. The van der Waals surface area contributed by atoms with Crippen LogP contribution < -0.4 is 5.73 Å². The van der Waals surface area contributed by atoms with Crippen molar-refractivity contribution in [2.45, 2.75) is 31.1 Å². The van der Waals surface area contributed by atoms with Gasteiger partial charge in [0.1, 0.15) is 30.4 Å². The van der Waals surface area contributed by atoms with Gasteiger partial charge in [-0.1, -0.05) is 0 Å². The molecule has 3 heterocycles. The van der Waals surface area contributed by atoms with Crippen LogP contribution in [-0.2, 0) is 15.4 Å². The molecule has 130 valence electrons. The fourth-order valence-electron chi connectivity index (χ4n) is 2.88. The van der Waals surface area contributed by atoms with E-state index in [4.69, 9.17) is 10.5 Å². The molecule has 0 radical (unpaired) electrons. The molecule has 0 unspecified atom stereocenters. The molecule has 11 nitrogen and oxygen atoms in total. The molecule has 0 aromatic carbocycles. The second-order valence-corrected chi connectivity index (χ2v) is 5.56. The van der Waals surface area contributed by atoms with Crippen LogP contribution in [-0.4, -0.2) is 77.6 Å². The second kappa shape index (κ2) is 5.63. The molecule has 0 saturated carbocycles. The SMILES string of the molecule is CC(=O)N(C)[C@@]1(n2cnc3c(N)ncnc32)O[C@H](CO)[C@@H](O)[C@H]1O. The van der Waals surface area contributed by atoms with Crippen molar-refractivity contribution in [3.05, 3.63) is 12.7 Å². The number of nitrogen functional groups attached to an aromatic ring is 1. The highest BCUT2D eigenvalue weighted by molar-refractivity contribution is 5.81. The van der Waals surface area contributed by atoms with Crippen molar-refractivity contribution in [2.75, 3.05) is 19.4 Å². The minimum absolute atomic E-state index is 0.117. The number of carbonyl (C=O) groups excluding carboxylic acids is 1. The lowest BCUT2D eigenvalue weighted by molar-refractivity contribution is -0.231. The van der Waals surface area contributed by atoms with Crippen molar-refractivity contribution in [3.8, 4) is 0 Å². The van der Waals surface area contributed by atoms with Gasteiger partial charge in [-0.25, -0.2) is 15.0 Å². The number of nitrogens with zero attached hydrogens (tertiary/aromatic N) is 5. The standard InChI is InChI=1S/C13H18N6O5/c1-6(21)18(2)13(10(23)9(22)7(3-20)24-13)19-5-17-8-11(14)15-4-16-12(8)19/h4-5,7,9-10,20,22-23H,3H2,1-2H3,(H2,14,15,16)/t7-,9-,10-,13+/m1/s1. The zero-order valence-electron chi connectivity index (χ0n) is 13.1. The van der Waals surface area contributed by atoms with Crippen LogP contribution in [0.5, 0.6) is 0 Å². The molecule has 1 fully saturated rings. The number of hydrogen-bond acceptors (Lipinski definition) is 9. The van der Waals surface area contributed by atoms with E-state index in [2.05, 4.69) is 15.0 Å². The van der Waals surface area contributed by atoms with Crippen LogP contribution in [0, 0.1) is 0 Å². The summed E-state index contributed by atoms with van der Waals surface area (Å²) < 4.78 is 7.01. The Kier molecular flexibility index (Phi) is 3.87. The van der Waals surface area contributed by atoms with Gasteiger partial charge in [0, 0.05) is 14.0 Å². The van der Waals surface area contributed by atoms with Gasteiger partial charge < -0.3 is 25.8 Å². The van der Waals surface area contributed by atoms with Gasteiger partial charge >= 0.3 is 0 Å². The number of aliphatic hydroxyl groups is 3. The number of imidazole rings is 1. The average Bonchev–Trinajstić information content (AvgIpc) is 3.09. The smallest absolute Gasteiger partial charge is 0.260 e. The van der Waals surface area contributed by atoms with Gasteiger partial charge in [0.2, 0.25) is 5.91 Å². The van der Waals surface area contributed by atoms with Gasteiger partial charge in [-0.05, 0) is 0 Å². The summed E-state index contributed by atoms with van der Waals surface area (Å²) in [5, 5.41) is 30.2. The Labute approximate surface area is 136 Å². The summed E-state index contributed by atoms with van der Waals surface area (Å²) in [6.07, 6.45) is -1.59. The first-order chi connectivity index (χ1) is 11.3. The minimum Gasteiger partial charge on any atom is -0.394 e. The number of aliphatic hydroxyl groups excluding tert-OH is 3. The number of likely N-dealkylation sites (N-methyl/N-ethyl adjacent to an activating group) is 1. The van der Waals surface area contributed by atoms with E-state index >= 15 is 0 Å². The Morgan fingerprint density at radius 1 is 1.46 bits per heavy atom. The number of carbonyl (C=O) groups is 1. The third kappa shape index (κ3) is 2.06. The summed E-state index contributed by atoms with van der Waals surface area (Å²) in [4.78, 5) is 25.1. The summed E-state index contributed by atoms with van der Waals surface area (Å²) in [5.41, 5.74) is 6.23. The average molecular weight is 338 g/mol. The number of aromatic nitrogens is 4. The Hall–Kier alpha value is -2.34. The normalized spacial score (nSPS) is 30.0. The van der Waals surface area contributed by atoms with Crippen LogP contribution in [0.2, 0.25) is 0 Å². The molecule has 1 aliphatic rings. The van der Waals surface area contributed by atoms with Crippen LogP contribution in [0.25, 0.3) is 11.2 Å². The highest BCUT2D eigenvalue weighted by Gasteiger charge is 2.59. The van der Waals surface area contributed by atoms with E-state index in [0.717, 1.165) is 4.90 Å². The molecule has 1 saturated heterocycles. The van der Waals surface area contributed by atoms with E-state index < -0.39 is 36.7 Å². The maximum Gasteiger partial charge on any atom is 0.260 e. The van der Waals surface area contributed by atoms with E-state index in [0.29, 0.717) is 0 Å². The first-order valence-electron chi connectivity index (χ1n) is 7.17. The summed E-state index contributed by atoms with van der Waals surface area (Å²) in [6, 6.07) is 0. The quantitative estimate of drug-likeness (QED) is 0.478. The van der Waals surface area contributed by atoms with E-state index in [1.165, 1.54) is 31.2 Å². The van der Waals surface area contributed by atoms with Crippen LogP contribution in [0.3, 0.4) is 0 Å². The topological polar surface area (TPSA) is 160 Å². The molecule has 1 aliphatic heterocycles. The van der Waals surface area contributed by atoms with Crippen molar-refractivity contribution < 1.29 is 24.9 Å². The van der Waals surface area contributed by atoms with Crippen LogP contribution in [0.15, 0.2) is 12.7 Å². The van der Waals surface area contributed by atoms with Crippen LogP contribution in [0.1, 0.15) is 6.92 Å². The lowest BCUT2D eigenvalue weighted by Crippen LogP contribution is -2.58. The molecule has 11 heteroatoms. The van der Waals surface area contributed by atoms with Crippen molar-refractivity contribution in [1.29, 1.82) is 0 Å². The highest BCUT2D eigenvalue weighted by atomic mass is 16.6. The Bertz CT molecular complexity index is 781. The molecule has 0 aliphatic carbocycles. The largest absolute Gasteiger partial charge is 0.394 e. The monoisotopic (exact) mass is 338 g/mol. The van der Waals surface area contributed by atoms with Gasteiger partial charge in [-0.3, -0.25) is 14.3 Å². The molecule has 5 N–H and O–H groups in total. The maximum atomic E-state index is 12.0. The summed E-state index contributed by atoms with van der Waals surface area (Å²) in [6.45, 7) is 0.731. The first-order valence-corrected chi connectivity index (χ1v) is 7.17. The lowest BCUT2D eigenvalue weighted by Gasteiger charge is -2.40. The molecule has 0 bridgehead atoms. The lowest BCUT2D eigenvalue weighted by atomic mass is 10.1. The number of fused-ring (bicyclic) bond motifs is 1. The maximum absolute atomic E-state index is 12.0. The molecule has 0 spiro atoms. The van der Waals surface area contributed by atoms with E-state index in [1.807, 2.05) is 0 Å². The number of rotatable bonds is 3. The van der Waals surface area contributed by atoms with E-state index in [9.17, 15) is 20.1 Å². The molecule has 2 aromatic rings. The van der Waals surface area contributed by atoms with Crippen molar-refractivity contribution >= 4 is 22.9 Å². The van der Waals surface area contributed by atoms with Gasteiger partial charge in [0.25, 0.3) is 5.85 Å². The summed E-state index contributed by atoms with van der Waals surface area (Å²) >= 11 is 0. The Morgan fingerprint density at radius 2 is 2.17 bits per heavy atom. The summed E-state index contributed by atoms with van der Waals surface area (Å²) in [5.74, 6) is -2.16. The number of ether oxygens (including phenoxy) is 1. The molecule has 24 heavy (non-hydrogen) atoms. The molecular formula is C13H18N6O5. The predicted octanol–water partition coefficient (Wildman–Crippen LogP) is -2.39. The van der Waals surface area contributed by atoms with Gasteiger partial charge in [-0.2, -0.15) is 0 Å². The van der Waals surface area contributed by atoms with E-state index in [1.54, 1.807) is 0 Å². The molecule has 2 aromatic heterocycles. The van der Waals surface area contributed by atoms with Crippen LogP contribution in [0.4, 0.5) is 5.82 Å². The number of anilines is 1. The van der Waals surface area contributed by atoms with Gasteiger partial charge in [-0.15, -0.1) is 0 Å². The molecule has 1 amide bonds. The summed E-state index contributed by atoms with van der Waals surface area (Å²) in [7, 11) is 1.40.